The third kappa shape index (κ3) is 3.78. The van der Waals surface area contributed by atoms with Crippen LogP contribution in [0.3, 0.4) is 0 Å². The Morgan fingerprint density at radius 3 is 2.32 bits per heavy atom. The molecule has 0 spiro atoms. The van der Waals surface area contributed by atoms with E-state index in [1.54, 1.807) is 0 Å². The van der Waals surface area contributed by atoms with Crippen LogP contribution < -0.4 is 0 Å². The summed E-state index contributed by atoms with van der Waals surface area (Å²) in [5.74, 6) is 5.41. The van der Waals surface area contributed by atoms with Crippen molar-refractivity contribution in [1.82, 2.24) is 0 Å². The minimum Gasteiger partial charge on any atom is -0.300 e. The van der Waals surface area contributed by atoms with Crippen LogP contribution in [0.15, 0.2) is 12.2 Å². The molecule has 0 aromatic heterocycles. The van der Waals surface area contributed by atoms with Crippen LogP contribution in [0.5, 0.6) is 0 Å². The van der Waals surface area contributed by atoms with E-state index in [1.807, 2.05) is 0 Å². The van der Waals surface area contributed by atoms with Crippen LogP contribution in [0.2, 0.25) is 0 Å². The fourth-order valence-electron chi connectivity index (χ4n) is 9.02. The van der Waals surface area contributed by atoms with Crippen molar-refractivity contribution in [2.45, 2.75) is 99.3 Å². The first-order valence-corrected chi connectivity index (χ1v) is 13.3. The second kappa shape index (κ2) is 8.45. The number of Topliss-reactive ketones (excluding diaryl/α,β-unsaturated/α-hetero) is 2. The van der Waals surface area contributed by atoms with Gasteiger partial charge in [-0.3, -0.25) is 9.59 Å². The van der Waals surface area contributed by atoms with Gasteiger partial charge in [0.25, 0.3) is 0 Å². The molecule has 0 N–H and O–H groups in total. The Morgan fingerprint density at radius 1 is 0.935 bits per heavy atom. The summed E-state index contributed by atoms with van der Waals surface area (Å²) < 4.78 is 0. The number of ketones is 2. The zero-order valence-electron chi connectivity index (χ0n) is 21.0. The number of rotatable bonds is 5. The fraction of sp³-hybridized carbons (Fsp3) is 0.862. The third-order valence-corrected chi connectivity index (χ3v) is 11.0. The summed E-state index contributed by atoms with van der Waals surface area (Å²) in [6.07, 6.45) is 14.4. The topological polar surface area (TPSA) is 34.1 Å². The van der Waals surface area contributed by atoms with E-state index < -0.39 is 0 Å². The molecular weight excluding hydrogens is 380 g/mol. The molecule has 0 aliphatic heterocycles. The average molecular weight is 427 g/mol. The summed E-state index contributed by atoms with van der Waals surface area (Å²) >= 11 is 0. The van der Waals surface area contributed by atoms with Gasteiger partial charge in [0.1, 0.15) is 11.6 Å². The Bertz CT molecular complexity index is 735. The van der Waals surface area contributed by atoms with E-state index >= 15 is 0 Å². The monoisotopic (exact) mass is 426 g/mol. The first kappa shape index (κ1) is 23.2. The van der Waals surface area contributed by atoms with Gasteiger partial charge >= 0.3 is 0 Å². The Hall–Kier alpha value is -0.920. The molecule has 31 heavy (non-hydrogen) atoms. The second-order valence-electron chi connectivity index (χ2n) is 12.6. The van der Waals surface area contributed by atoms with Crippen LogP contribution in [0.1, 0.15) is 99.3 Å². The molecular formula is C29H46O2. The summed E-state index contributed by atoms with van der Waals surface area (Å²) in [6, 6.07) is 0. The zero-order valence-corrected chi connectivity index (χ0v) is 21.0. The van der Waals surface area contributed by atoms with E-state index in [-0.39, 0.29) is 11.3 Å². The Balaban J connectivity index is 1.54. The molecule has 2 unspecified atom stereocenters. The summed E-state index contributed by atoms with van der Waals surface area (Å²) in [6.45, 7) is 14.4. The van der Waals surface area contributed by atoms with E-state index in [4.69, 9.17) is 0 Å². The molecule has 4 fully saturated rings. The van der Waals surface area contributed by atoms with Crippen molar-refractivity contribution in [2.75, 3.05) is 0 Å². The van der Waals surface area contributed by atoms with E-state index in [0.717, 1.165) is 18.8 Å². The molecule has 4 aliphatic rings. The summed E-state index contributed by atoms with van der Waals surface area (Å²) in [5.41, 5.74) is 0.447. The SMILES string of the molecule is CCC(C=C[C@@H](C)[C@H]1CC[C@H]2[C@@H]3CC(=O)C4CC(=O)CC[C@]4(C)[C@H]3CC[C@]12C)C(C)C. The minimum absolute atomic E-state index is 0.0143. The van der Waals surface area contributed by atoms with E-state index in [2.05, 4.69) is 53.7 Å². The van der Waals surface area contributed by atoms with Gasteiger partial charge in [0.05, 0.1) is 0 Å². The molecule has 0 saturated heterocycles. The fourth-order valence-corrected chi connectivity index (χ4v) is 9.02. The normalized spacial score (nSPS) is 44.8. The first-order valence-electron chi connectivity index (χ1n) is 13.3. The van der Waals surface area contributed by atoms with E-state index in [1.165, 1.54) is 32.1 Å². The van der Waals surface area contributed by atoms with Crippen molar-refractivity contribution in [3.05, 3.63) is 12.2 Å². The summed E-state index contributed by atoms with van der Waals surface area (Å²) in [4.78, 5) is 25.4. The van der Waals surface area contributed by atoms with Crippen LogP contribution in [0, 0.1) is 58.2 Å². The van der Waals surface area contributed by atoms with Crippen LogP contribution in [0.25, 0.3) is 0 Å². The maximum atomic E-state index is 13.3. The van der Waals surface area contributed by atoms with Crippen LogP contribution in [0.4, 0.5) is 0 Å². The van der Waals surface area contributed by atoms with Crippen molar-refractivity contribution < 1.29 is 9.59 Å². The number of carbonyl (C=O) groups is 2. The first-order chi connectivity index (χ1) is 14.6. The molecule has 0 heterocycles. The third-order valence-electron chi connectivity index (χ3n) is 11.0. The maximum absolute atomic E-state index is 13.3. The molecule has 4 saturated carbocycles. The van der Waals surface area contributed by atoms with Crippen molar-refractivity contribution >= 4 is 11.6 Å². The van der Waals surface area contributed by atoms with Gasteiger partial charge in [0.15, 0.2) is 0 Å². The lowest BCUT2D eigenvalue weighted by Gasteiger charge is -2.59. The van der Waals surface area contributed by atoms with Gasteiger partial charge in [-0.05, 0) is 90.8 Å². The second-order valence-corrected chi connectivity index (χ2v) is 12.6. The number of hydrogen-bond acceptors (Lipinski definition) is 2. The lowest BCUT2D eigenvalue weighted by Crippen LogP contribution is -2.56. The highest BCUT2D eigenvalue weighted by Crippen LogP contribution is 2.67. The molecule has 174 valence electrons. The molecule has 0 bridgehead atoms. The Morgan fingerprint density at radius 2 is 1.65 bits per heavy atom. The lowest BCUT2D eigenvalue weighted by atomic mass is 9.44. The molecule has 0 amide bonds. The van der Waals surface area contributed by atoms with Crippen molar-refractivity contribution in [3.63, 3.8) is 0 Å². The standard InChI is InChI=1S/C29H46O2/c1-7-20(18(2)3)9-8-19(4)23-10-11-24-22-17-27(31)26-16-21(30)12-14-29(26,6)25(22)13-15-28(23,24)5/h8-9,18-20,22-26H,7,10-17H2,1-6H3/t19-,20?,22+,23-,24+,25+,26?,28-,29-/m1/s1. The number of hydrogen-bond donors (Lipinski definition) is 0. The average Bonchev–Trinajstić information content (AvgIpc) is 3.07. The number of carbonyl (C=O) groups excluding carboxylic acids is 2. The largest absolute Gasteiger partial charge is 0.300 e. The van der Waals surface area contributed by atoms with Crippen LogP contribution in [-0.2, 0) is 9.59 Å². The quantitative estimate of drug-likeness (QED) is 0.433. The summed E-state index contributed by atoms with van der Waals surface area (Å²) in [7, 11) is 0. The number of allylic oxidation sites excluding steroid dienone is 2. The molecule has 2 heteroatoms. The molecule has 0 aromatic carbocycles. The lowest BCUT2D eigenvalue weighted by molar-refractivity contribution is -0.158. The van der Waals surface area contributed by atoms with Crippen LogP contribution >= 0.6 is 0 Å². The minimum atomic E-state index is 0.0143. The molecule has 0 radical (unpaired) electrons. The molecule has 4 aliphatic carbocycles. The molecule has 2 nitrogen and oxygen atoms in total. The van der Waals surface area contributed by atoms with Crippen molar-refractivity contribution in [2.24, 2.45) is 58.2 Å². The predicted octanol–water partition coefficient (Wildman–Crippen LogP) is 7.27. The molecule has 9 atom stereocenters. The van der Waals surface area contributed by atoms with Gasteiger partial charge in [-0.1, -0.05) is 53.7 Å². The maximum Gasteiger partial charge on any atom is 0.137 e. The Kier molecular flexibility index (Phi) is 6.34. The highest BCUT2D eigenvalue weighted by molar-refractivity contribution is 5.90. The summed E-state index contributed by atoms with van der Waals surface area (Å²) in [5, 5.41) is 0. The van der Waals surface area contributed by atoms with Gasteiger partial charge in [-0.2, -0.15) is 0 Å². The van der Waals surface area contributed by atoms with Crippen LogP contribution in [-0.4, -0.2) is 11.6 Å². The highest BCUT2D eigenvalue weighted by Gasteiger charge is 2.62. The van der Waals surface area contributed by atoms with Crippen molar-refractivity contribution in [3.8, 4) is 0 Å². The molecule has 0 aromatic rings. The van der Waals surface area contributed by atoms with Gasteiger partial charge in [0.2, 0.25) is 0 Å². The number of fused-ring (bicyclic) bond motifs is 5. The van der Waals surface area contributed by atoms with E-state index in [9.17, 15) is 9.59 Å². The van der Waals surface area contributed by atoms with Gasteiger partial charge in [-0.25, -0.2) is 0 Å². The smallest absolute Gasteiger partial charge is 0.137 e. The van der Waals surface area contributed by atoms with Gasteiger partial charge in [-0.15, -0.1) is 0 Å². The van der Waals surface area contributed by atoms with Crippen molar-refractivity contribution in [1.29, 1.82) is 0 Å². The molecule has 4 rings (SSSR count). The Labute approximate surface area is 191 Å². The predicted molar refractivity (Wildman–Crippen MR) is 128 cm³/mol. The zero-order chi connectivity index (χ0) is 22.6. The van der Waals surface area contributed by atoms with E-state index in [0.29, 0.717) is 65.3 Å². The highest BCUT2D eigenvalue weighted by atomic mass is 16.1. The van der Waals surface area contributed by atoms with Gasteiger partial charge < -0.3 is 0 Å². The van der Waals surface area contributed by atoms with Gasteiger partial charge in [0, 0.05) is 25.2 Å².